The van der Waals surface area contributed by atoms with E-state index < -0.39 is 15.3 Å². The molecule has 0 aliphatic heterocycles. The number of benzene rings is 1. The van der Waals surface area contributed by atoms with Gasteiger partial charge in [0, 0.05) is 13.1 Å². The number of rotatable bonds is 6. The SMILES string of the molecule is CCc1ccc(CNS(=O)(=O)C(C)CN)cc1. The zero-order chi connectivity index (χ0) is 12.9. The van der Waals surface area contributed by atoms with Gasteiger partial charge in [-0.15, -0.1) is 0 Å². The summed E-state index contributed by atoms with van der Waals surface area (Å²) in [6, 6.07) is 7.90. The zero-order valence-corrected chi connectivity index (χ0v) is 11.1. The first-order valence-electron chi connectivity index (χ1n) is 5.76. The summed E-state index contributed by atoms with van der Waals surface area (Å²) >= 11 is 0. The van der Waals surface area contributed by atoms with Crippen LogP contribution in [0.25, 0.3) is 0 Å². The van der Waals surface area contributed by atoms with E-state index in [1.54, 1.807) is 6.92 Å². The maximum atomic E-state index is 11.7. The zero-order valence-electron chi connectivity index (χ0n) is 10.3. The average Bonchev–Trinajstić information content (AvgIpc) is 2.36. The third-order valence-corrected chi connectivity index (χ3v) is 4.57. The van der Waals surface area contributed by atoms with Gasteiger partial charge in [0.15, 0.2) is 0 Å². The van der Waals surface area contributed by atoms with Crippen molar-refractivity contribution in [3.8, 4) is 0 Å². The summed E-state index contributed by atoms with van der Waals surface area (Å²) in [5.41, 5.74) is 7.54. The number of aryl methyl sites for hydroxylation is 1. The van der Waals surface area contributed by atoms with Crippen molar-refractivity contribution < 1.29 is 8.42 Å². The number of nitrogens with one attached hydrogen (secondary N) is 1. The van der Waals surface area contributed by atoms with Gasteiger partial charge in [0.1, 0.15) is 0 Å². The first-order chi connectivity index (χ1) is 7.99. The van der Waals surface area contributed by atoms with Gasteiger partial charge < -0.3 is 5.73 Å². The molecule has 0 aliphatic carbocycles. The molecule has 0 radical (unpaired) electrons. The number of sulfonamides is 1. The Hall–Kier alpha value is -0.910. The van der Waals surface area contributed by atoms with Crippen LogP contribution >= 0.6 is 0 Å². The molecule has 1 atom stereocenters. The van der Waals surface area contributed by atoms with Crippen molar-refractivity contribution in [2.24, 2.45) is 5.73 Å². The fraction of sp³-hybridized carbons (Fsp3) is 0.500. The molecule has 0 saturated carbocycles. The van der Waals surface area contributed by atoms with Crippen LogP contribution < -0.4 is 10.5 Å². The second kappa shape index (κ2) is 6.14. The lowest BCUT2D eigenvalue weighted by Gasteiger charge is -2.11. The molecular weight excluding hydrogens is 236 g/mol. The van der Waals surface area contributed by atoms with Crippen LogP contribution in [0.1, 0.15) is 25.0 Å². The molecule has 1 unspecified atom stereocenters. The molecule has 1 aromatic carbocycles. The van der Waals surface area contributed by atoms with E-state index in [4.69, 9.17) is 5.73 Å². The van der Waals surface area contributed by atoms with E-state index in [0.717, 1.165) is 12.0 Å². The molecule has 1 aromatic rings. The van der Waals surface area contributed by atoms with Gasteiger partial charge in [-0.05, 0) is 24.5 Å². The number of hydrogen-bond acceptors (Lipinski definition) is 3. The molecule has 5 heteroatoms. The van der Waals surface area contributed by atoms with Gasteiger partial charge in [-0.25, -0.2) is 13.1 Å². The van der Waals surface area contributed by atoms with E-state index in [9.17, 15) is 8.42 Å². The summed E-state index contributed by atoms with van der Waals surface area (Å²) in [6.45, 7) is 4.13. The highest BCUT2D eigenvalue weighted by atomic mass is 32.2. The molecule has 0 heterocycles. The van der Waals surface area contributed by atoms with Gasteiger partial charge >= 0.3 is 0 Å². The lowest BCUT2D eigenvalue weighted by molar-refractivity contribution is 0.568. The summed E-state index contributed by atoms with van der Waals surface area (Å²) in [5, 5.41) is -0.558. The van der Waals surface area contributed by atoms with Gasteiger partial charge in [-0.1, -0.05) is 31.2 Å². The molecular formula is C12H20N2O2S. The molecule has 17 heavy (non-hydrogen) atoms. The van der Waals surface area contributed by atoms with Crippen LogP contribution in [-0.2, 0) is 23.0 Å². The van der Waals surface area contributed by atoms with Crippen LogP contribution in [0.3, 0.4) is 0 Å². The van der Waals surface area contributed by atoms with E-state index >= 15 is 0 Å². The van der Waals surface area contributed by atoms with Crippen molar-refractivity contribution in [2.45, 2.75) is 32.1 Å². The molecule has 0 bridgehead atoms. The summed E-state index contributed by atoms with van der Waals surface area (Å²) in [5.74, 6) is 0. The Labute approximate surface area is 103 Å². The predicted molar refractivity (Wildman–Crippen MR) is 70.1 cm³/mol. The van der Waals surface area contributed by atoms with Crippen LogP contribution in [-0.4, -0.2) is 20.2 Å². The minimum Gasteiger partial charge on any atom is -0.329 e. The minimum absolute atomic E-state index is 0.129. The van der Waals surface area contributed by atoms with Crippen LogP contribution in [0.2, 0.25) is 0 Å². The third-order valence-electron chi connectivity index (χ3n) is 2.77. The maximum absolute atomic E-state index is 11.7. The Morgan fingerprint density at radius 2 is 1.76 bits per heavy atom. The Bertz CT molecular complexity index is 440. The molecule has 1 rings (SSSR count). The topological polar surface area (TPSA) is 72.2 Å². The van der Waals surface area contributed by atoms with Crippen molar-refractivity contribution >= 4 is 10.0 Å². The summed E-state index contributed by atoms with van der Waals surface area (Å²) in [4.78, 5) is 0. The van der Waals surface area contributed by atoms with Crippen LogP contribution in [0.15, 0.2) is 24.3 Å². The van der Waals surface area contributed by atoms with Gasteiger partial charge in [0.25, 0.3) is 0 Å². The first kappa shape index (κ1) is 14.2. The molecule has 96 valence electrons. The van der Waals surface area contributed by atoms with Crippen molar-refractivity contribution in [1.29, 1.82) is 0 Å². The standard InChI is InChI=1S/C12H20N2O2S/c1-3-11-4-6-12(7-5-11)9-14-17(15,16)10(2)8-13/h4-7,10,14H,3,8-9,13H2,1-2H3. The lowest BCUT2D eigenvalue weighted by atomic mass is 10.1. The monoisotopic (exact) mass is 256 g/mol. The van der Waals surface area contributed by atoms with Crippen LogP contribution in [0.5, 0.6) is 0 Å². The highest BCUT2D eigenvalue weighted by Crippen LogP contribution is 2.06. The predicted octanol–water partition coefficient (Wildman–Crippen LogP) is 1.02. The van der Waals surface area contributed by atoms with Crippen LogP contribution in [0.4, 0.5) is 0 Å². The lowest BCUT2D eigenvalue weighted by Crippen LogP contribution is -2.36. The molecule has 4 nitrogen and oxygen atoms in total. The Balaban J connectivity index is 2.61. The Morgan fingerprint density at radius 3 is 2.24 bits per heavy atom. The van der Waals surface area contributed by atoms with E-state index in [2.05, 4.69) is 11.6 Å². The van der Waals surface area contributed by atoms with E-state index in [1.807, 2.05) is 24.3 Å². The Morgan fingerprint density at radius 1 is 1.24 bits per heavy atom. The average molecular weight is 256 g/mol. The summed E-state index contributed by atoms with van der Waals surface area (Å²) < 4.78 is 25.9. The number of hydrogen-bond donors (Lipinski definition) is 2. The molecule has 0 aliphatic rings. The molecule has 0 spiro atoms. The molecule has 0 aromatic heterocycles. The molecule has 0 amide bonds. The first-order valence-corrected chi connectivity index (χ1v) is 7.30. The van der Waals surface area contributed by atoms with E-state index in [-0.39, 0.29) is 6.54 Å². The van der Waals surface area contributed by atoms with Crippen LogP contribution in [0, 0.1) is 0 Å². The van der Waals surface area contributed by atoms with E-state index in [0.29, 0.717) is 6.54 Å². The quantitative estimate of drug-likeness (QED) is 0.798. The smallest absolute Gasteiger partial charge is 0.215 e. The molecule has 3 N–H and O–H groups in total. The minimum atomic E-state index is -3.30. The highest BCUT2D eigenvalue weighted by molar-refractivity contribution is 7.90. The summed E-state index contributed by atoms with van der Waals surface area (Å²) in [7, 11) is -3.30. The maximum Gasteiger partial charge on any atom is 0.215 e. The molecule has 0 saturated heterocycles. The van der Waals surface area contributed by atoms with Crippen molar-refractivity contribution in [3.05, 3.63) is 35.4 Å². The van der Waals surface area contributed by atoms with Gasteiger partial charge in [0.2, 0.25) is 10.0 Å². The van der Waals surface area contributed by atoms with Crippen molar-refractivity contribution in [3.63, 3.8) is 0 Å². The van der Waals surface area contributed by atoms with Gasteiger partial charge in [-0.2, -0.15) is 0 Å². The van der Waals surface area contributed by atoms with Crippen molar-refractivity contribution in [1.82, 2.24) is 4.72 Å². The second-order valence-corrected chi connectivity index (χ2v) is 6.27. The molecule has 0 fully saturated rings. The van der Waals surface area contributed by atoms with Gasteiger partial charge in [-0.3, -0.25) is 0 Å². The third kappa shape index (κ3) is 4.11. The fourth-order valence-corrected chi connectivity index (χ4v) is 2.25. The Kier molecular flexibility index (Phi) is 5.11. The summed E-state index contributed by atoms with van der Waals surface area (Å²) in [6.07, 6.45) is 0.982. The second-order valence-electron chi connectivity index (χ2n) is 4.08. The van der Waals surface area contributed by atoms with Crippen molar-refractivity contribution in [2.75, 3.05) is 6.54 Å². The van der Waals surface area contributed by atoms with Gasteiger partial charge in [0.05, 0.1) is 5.25 Å². The normalized spacial score (nSPS) is 13.6. The fourth-order valence-electron chi connectivity index (χ4n) is 1.35. The largest absolute Gasteiger partial charge is 0.329 e. The number of nitrogens with two attached hydrogens (primary N) is 1. The van der Waals surface area contributed by atoms with E-state index in [1.165, 1.54) is 5.56 Å². The highest BCUT2D eigenvalue weighted by Gasteiger charge is 2.18.